The number of sulfone groups is 1. The minimum atomic E-state index is -3.50. The minimum absolute atomic E-state index is 0.00530. The first-order chi connectivity index (χ1) is 10.4. The highest BCUT2D eigenvalue weighted by molar-refractivity contribution is 7.90. The largest absolute Gasteiger partial charge is 0.273 e. The molecule has 0 atom stereocenters. The molecule has 2 aliphatic rings. The Morgan fingerprint density at radius 2 is 1.73 bits per heavy atom. The second-order valence-corrected chi connectivity index (χ2v) is 7.77. The molecule has 1 aromatic rings. The van der Waals surface area contributed by atoms with E-state index in [-0.39, 0.29) is 22.3 Å². The molecule has 2 fully saturated rings. The smallest absolute Gasteiger partial charge is 0.273 e. The first kappa shape index (κ1) is 15.0. The fraction of sp³-hybridized carbons (Fsp3) is 0.467. The molecule has 0 aromatic heterocycles. The van der Waals surface area contributed by atoms with Crippen molar-refractivity contribution < 1.29 is 18.0 Å². The van der Waals surface area contributed by atoms with E-state index in [0.29, 0.717) is 19.5 Å². The first-order valence-corrected chi connectivity index (χ1v) is 9.21. The number of rotatable bonds is 3. The Balaban J connectivity index is 1.92. The zero-order valence-electron chi connectivity index (χ0n) is 12.4. The monoisotopic (exact) mass is 322 g/mol. The van der Waals surface area contributed by atoms with Gasteiger partial charge in [-0.1, -0.05) is 12.1 Å². The Morgan fingerprint density at radius 1 is 1.09 bits per heavy atom. The maximum Gasteiger partial charge on any atom is 0.273 e. The number of hydrogen-bond donors (Lipinski definition) is 0. The van der Waals surface area contributed by atoms with Gasteiger partial charge in [-0.2, -0.15) is 0 Å². The van der Waals surface area contributed by atoms with Crippen LogP contribution in [-0.2, 0) is 14.6 Å². The first-order valence-electron chi connectivity index (χ1n) is 7.32. The van der Waals surface area contributed by atoms with Crippen LogP contribution in [0.15, 0.2) is 29.2 Å². The van der Waals surface area contributed by atoms with Gasteiger partial charge in [-0.3, -0.25) is 14.6 Å². The quantitative estimate of drug-likeness (QED) is 0.835. The molecule has 3 rings (SSSR count). The third kappa shape index (κ3) is 2.72. The van der Waals surface area contributed by atoms with E-state index < -0.39 is 15.7 Å². The predicted molar refractivity (Wildman–Crippen MR) is 79.6 cm³/mol. The van der Waals surface area contributed by atoms with Crippen LogP contribution >= 0.6 is 0 Å². The molecule has 22 heavy (non-hydrogen) atoms. The summed E-state index contributed by atoms with van der Waals surface area (Å²) in [5.41, 5.74) is 0.125. The molecule has 6 nitrogen and oxygen atoms in total. The van der Waals surface area contributed by atoms with Crippen molar-refractivity contribution in [3.05, 3.63) is 29.8 Å². The van der Waals surface area contributed by atoms with Gasteiger partial charge in [0.15, 0.2) is 9.84 Å². The third-order valence-corrected chi connectivity index (χ3v) is 5.12. The lowest BCUT2D eigenvalue weighted by Gasteiger charge is -2.28. The molecule has 1 aromatic carbocycles. The molecule has 0 bridgehead atoms. The minimum Gasteiger partial charge on any atom is -0.273 e. The zero-order chi connectivity index (χ0) is 15.9. The lowest BCUT2D eigenvalue weighted by atomic mass is 10.2. The van der Waals surface area contributed by atoms with E-state index in [2.05, 4.69) is 0 Å². The highest BCUT2D eigenvalue weighted by Gasteiger charge is 2.40. The van der Waals surface area contributed by atoms with Crippen molar-refractivity contribution in [1.29, 1.82) is 0 Å². The van der Waals surface area contributed by atoms with Crippen LogP contribution in [0, 0.1) is 5.92 Å². The van der Waals surface area contributed by atoms with Gasteiger partial charge in [-0.15, -0.1) is 0 Å². The van der Waals surface area contributed by atoms with Crippen LogP contribution in [0.1, 0.15) is 29.6 Å². The third-order valence-electron chi connectivity index (χ3n) is 3.96. The molecule has 2 amide bonds. The lowest BCUT2D eigenvalue weighted by Crippen LogP contribution is -2.45. The average molecular weight is 322 g/mol. The van der Waals surface area contributed by atoms with Gasteiger partial charge in [0.2, 0.25) is 5.91 Å². The van der Waals surface area contributed by atoms with Crippen LogP contribution in [0.2, 0.25) is 0 Å². The summed E-state index contributed by atoms with van der Waals surface area (Å²) in [6.45, 7) is 0.956. The summed E-state index contributed by atoms with van der Waals surface area (Å²) in [6, 6.07) is 6.14. The molecule has 7 heteroatoms. The molecule has 0 unspecified atom stereocenters. The van der Waals surface area contributed by atoms with Gasteiger partial charge in [0.05, 0.1) is 10.5 Å². The average Bonchev–Trinajstić information content (AvgIpc) is 3.22. The second kappa shape index (κ2) is 5.39. The maximum absolute atomic E-state index is 12.7. The summed E-state index contributed by atoms with van der Waals surface area (Å²) >= 11 is 0. The van der Waals surface area contributed by atoms with Crippen LogP contribution < -0.4 is 0 Å². The van der Waals surface area contributed by atoms with Crippen LogP contribution in [0.4, 0.5) is 0 Å². The molecular weight excluding hydrogens is 304 g/mol. The van der Waals surface area contributed by atoms with Crippen molar-refractivity contribution in [2.75, 3.05) is 19.3 Å². The lowest BCUT2D eigenvalue weighted by molar-refractivity contribution is -0.141. The number of nitrogens with zero attached hydrogens (tertiary/aromatic N) is 2. The van der Waals surface area contributed by atoms with E-state index >= 15 is 0 Å². The van der Waals surface area contributed by atoms with Gasteiger partial charge < -0.3 is 0 Å². The molecular formula is C15H18N2O4S. The van der Waals surface area contributed by atoms with Gasteiger partial charge in [0.1, 0.15) is 0 Å². The van der Waals surface area contributed by atoms with E-state index in [1.54, 1.807) is 12.1 Å². The van der Waals surface area contributed by atoms with E-state index in [0.717, 1.165) is 19.1 Å². The molecule has 0 N–H and O–H groups in total. The summed E-state index contributed by atoms with van der Waals surface area (Å²) in [6.07, 6.45) is 3.54. The van der Waals surface area contributed by atoms with Crippen molar-refractivity contribution in [2.24, 2.45) is 5.92 Å². The number of carbonyl (C=O) groups is 2. The van der Waals surface area contributed by atoms with E-state index in [9.17, 15) is 18.0 Å². The SMILES string of the molecule is CS(=O)(=O)c1ccccc1C(=O)N1CCCN1C(=O)C1CC1. The number of hydrazine groups is 1. The summed E-state index contributed by atoms with van der Waals surface area (Å²) in [5.74, 6) is -0.422. The van der Waals surface area contributed by atoms with Gasteiger partial charge in [-0.25, -0.2) is 13.4 Å². The molecule has 1 saturated heterocycles. The summed E-state index contributed by atoms with van der Waals surface area (Å²) < 4.78 is 23.7. The number of hydrogen-bond acceptors (Lipinski definition) is 4. The van der Waals surface area contributed by atoms with Crippen molar-refractivity contribution in [2.45, 2.75) is 24.2 Å². The highest BCUT2D eigenvalue weighted by atomic mass is 32.2. The van der Waals surface area contributed by atoms with E-state index in [1.807, 2.05) is 0 Å². The van der Waals surface area contributed by atoms with Crippen LogP contribution in [-0.4, -0.2) is 49.6 Å². The highest BCUT2D eigenvalue weighted by Crippen LogP contribution is 2.33. The van der Waals surface area contributed by atoms with Gasteiger partial charge in [0, 0.05) is 25.3 Å². The Hall–Kier alpha value is -1.89. The maximum atomic E-state index is 12.7. The van der Waals surface area contributed by atoms with Crippen molar-refractivity contribution in [3.63, 3.8) is 0 Å². The molecule has 1 aliphatic heterocycles. The normalized spacial score (nSPS) is 18.6. The second-order valence-electron chi connectivity index (χ2n) is 5.79. The molecule has 0 radical (unpaired) electrons. The van der Waals surface area contributed by atoms with Crippen molar-refractivity contribution in [1.82, 2.24) is 10.0 Å². The predicted octanol–water partition coefficient (Wildman–Crippen LogP) is 1.09. The standard InChI is InChI=1S/C15H18N2O4S/c1-22(20,21)13-6-3-2-5-12(13)15(19)17-10-4-9-16(17)14(18)11-7-8-11/h2-3,5-6,11H,4,7-10H2,1H3. The number of amides is 2. The molecule has 1 saturated carbocycles. The Kier molecular flexibility index (Phi) is 3.68. The van der Waals surface area contributed by atoms with E-state index in [1.165, 1.54) is 22.2 Å². The van der Waals surface area contributed by atoms with Crippen LogP contribution in [0.25, 0.3) is 0 Å². The number of benzene rings is 1. The van der Waals surface area contributed by atoms with Crippen molar-refractivity contribution in [3.8, 4) is 0 Å². The number of carbonyl (C=O) groups excluding carboxylic acids is 2. The zero-order valence-corrected chi connectivity index (χ0v) is 13.2. The molecule has 1 heterocycles. The summed E-state index contributed by atoms with van der Waals surface area (Å²) in [7, 11) is -3.50. The van der Waals surface area contributed by atoms with E-state index in [4.69, 9.17) is 0 Å². The summed E-state index contributed by atoms with van der Waals surface area (Å²) in [4.78, 5) is 25.0. The van der Waals surface area contributed by atoms with Crippen molar-refractivity contribution >= 4 is 21.7 Å². The molecule has 0 spiro atoms. The molecule has 118 valence electrons. The topological polar surface area (TPSA) is 74.8 Å². The van der Waals surface area contributed by atoms with Gasteiger partial charge in [-0.05, 0) is 31.4 Å². The summed E-state index contributed by atoms with van der Waals surface area (Å²) in [5, 5.41) is 2.88. The van der Waals surface area contributed by atoms with Crippen LogP contribution in [0.3, 0.4) is 0 Å². The Morgan fingerprint density at radius 3 is 2.36 bits per heavy atom. The Bertz CT molecular complexity index is 725. The molecule has 1 aliphatic carbocycles. The van der Waals surface area contributed by atoms with Crippen LogP contribution in [0.5, 0.6) is 0 Å². The van der Waals surface area contributed by atoms with Gasteiger partial charge in [0.25, 0.3) is 5.91 Å². The van der Waals surface area contributed by atoms with Gasteiger partial charge >= 0.3 is 0 Å². The fourth-order valence-corrected chi connectivity index (χ4v) is 3.58. The Labute approximate surface area is 129 Å². The fourth-order valence-electron chi connectivity index (χ4n) is 2.70.